The number of anilines is 1. The monoisotopic (exact) mass is 313 g/mol. The van der Waals surface area contributed by atoms with Gasteiger partial charge in [0, 0.05) is 10.6 Å². The number of halogens is 2. The number of nitrogens with one attached hydrogen (secondary N) is 1. The predicted octanol–water partition coefficient (Wildman–Crippen LogP) is 3.36. The van der Waals surface area contributed by atoms with Crippen LogP contribution in [0.25, 0.3) is 0 Å². The lowest BCUT2D eigenvalue weighted by Crippen LogP contribution is -2.11. The van der Waals surface area contributed by atoms with Crippen molar-refractivity contribution in [3.8, 4) is 17.2 Å². The van der Waals surface area contributed by atoms with Crippen LogP contribution in [-0.4, -0.2) is 21.2 Å². The molecule has 0 aliphatic carbocycles. The summed E-state index contributed by atoms with van der Waals surface area (Å²) in [5.41, 5.74) is 0.135. The lowest BCUT2D eigenvalue weighted by atomic mass is 10.2. The highest BCUT2D eigenvalue weighted by Gasteiger charge is 2.13. The van der Waals surface area contributed by atoms with Crippen LogP contribution in [0.15, 0.2) is 30.3 Å². The predicted molar refractivity (Wildman–Crippen MR) is 75.9 cm³/mol. The molecule has 0 aliphatic rings. The Hall–Kier alpha value is -2.11. The van der Waals surface area contributed by atoms with Gasteiger partial charge in [-0.05, 0) is 30.3 Å². The van der Waals surface area contributed by atoms with E-state index in [0.29, 0.717) is 0 Å². The second-order valence-electron chi connectivity index (χ2n) is 3.94. The maximum atomic E-state index is 12.0. The quantitative estimate of drug-likeness (QED) is 0.640. The van der Waals surface area contributed by atoms with E-state index in [4.69, 9.17) is 23.2 Å². The molecular weight excluding hydrogens is 305 g/mol. The van der Waals surface area contributed by atoms with E-state index in [2.05, 4.69) is 5.32 Å². The average Bonchev–Trinajstić information content (AvgIpc) is 2.38. The molecule has 104 valence electrons. The van der Waals surface area contributed by atoms with Gasteiger partial charge in [0.2, 0.25) is 0 Å². The topological polar surface area (TPSA) is 89.8 Å². The molecular formula is C13H9Cl2NO4. The van der Waals surface area contributed by atoms with E-state index in [9.17, 15) is 20.1 Å². The average molecular weight is 314 g/mol. The van der Waals surface area contributed by atoms with Gasteiger partial charge in [-0.2, -0.15) is 0 Å². The number of aromatic hydroxyl groups is 3. The Morgan fingerprint density at radius 1 is 1.00 bits per heavy atom. The van der Waals surface area contributed by atoms with Gasteiger partial charge in [-0.3, -0.25) is 4.79 Å². The summed E-state index contributed by atoms with van der Waals surface area (Å²) in [5, 5.41) is 30.9. The third-order valence-electron chi connectivity index (χ3n) is 2.51. The zero-order valence-corrected chi connectivity index (χ0v) is 11.4. The minimum atomic E-state index is -0.603. The first-order chi connectivity index (χ1) is 9.38. The number of hydrogen-bond donors (Lipinski definition) is 4. The number of amides is 1. The van der Waals surface area contributed by atoms with Crippen LogP contribution in [-0.2, 0) is 0 Å². The van der Waals surface area contributed by atoms with E-state index >= 15 is 0 Å². The maximum absolute atomic E-state index is 12.0. The first-order valence-electron chi connectivity index (χ1n) is 5.40. The lowest BCUT2D eigenvalue weighted by molar-refractivity contribution is 0.102. The van der Waals surface area contributed by atoms with Crippen LogP contribution in [0, 0.1) is 0 Å². The van der Waals surface area contributed by atoms with Crippen molar-refractivity contribution in [2.24, 2.45) is 0 Å². The van der Waals surface area contributed by atoms with Crippen molar-refractivity contribution in [3.63, 3.8) is 0 Å². The Balaban J connectivity index is 2.30. The lowest BCUT2D eigenvalue weighted by Gasteiger charge is -2.09. The molecule has 0 radical (unpaired) electrons. The number of phenolic OH excluding ortho intramolecular Hbond substituents is 3. The Bertz CT molecular complexity index is 688. The van der Waals surface area contributed by atoms with E-state index in [0.717, 1.165) is 6.07 Å². The van der Waals surface area contributed by atoms with E-state index in [1.54, 1.807) is 0 Å². The van der Waals surface area contributed by atoms with E-state index in [1.165, 1.54) is 24.3 Å². The molecule has 0 saturated heterocycles. The van der Waals surface area contributed by atoms with Crippen LogP contribution in [0.3, 0.4) is 0 Å². The minimum Gasteiger partial charge on any atom is -0.504 e. The third kappa shape index (κ3) is 2.89. The van der Waals surface area contributed by atoms with Crippen molar-refractivity contribution in [1.82, 2.24) is 0 Å². The van der Waals surface area contributed by atoms with Crippen LogP contribution in [0.4, 0.5) is 5.69 Å². The second-order valence-corrected chi connectivity index (χ2v) is 4.79. The highest BCUT2D eigenvalue weighted by molar-refractivity contribution is 6.36. The molecule has 20 heavy (non-hydrogen) atoms. The first-order valence-corrected chi connectivity index (χ1v) is 6.15. The molecule has 0 bridgehead atoms. The molecule has 0 saturated carbocycles. The van der Waals surface area contributed by atoms with Crippen molar-refractivity contribution in [2.75, 3.05) is 5.32 Å². The molecule has 0 spiro atoms. The Labute approximate surface area is 124 Å². The Kier molecular flexibility index (Phi) is 3.92. The van der Waals surface area contributed by atoms with Gasteiger partial charge < -0.3 is 20.6 Å². The van der Waals surface area contributed by atoms with Crippen LogP contribution in [0.5, 0.6) is 17.2 Å². The van der Waals surface area contributed by atoms with E-state index < -0.39 is 11.7 Å². The molecule has 4 N–H and O–H groups in total. The van der Waals surface area contributed by atoms with Crippen LogP contribution in [0.2, 0.25) is 10.0 Å². The molecule has 2 rings (SSSR count). The fraction of sp³-hybridized carbons (Fsp3) is 0. The molecule has 0 heterocycles. The van der Waals surface area contributed by atoms with Crippen molar-refractivity contribution in [1.29, 1.82) is 0 Å². The summed E-state index contributed by atoms with van der Waals surface area (Å²) in [6.07, 6.45) is 0. The Morgan fingerprint density at radius 3 is 2.35 bits per heavy atom. The summed E-state index contributed by atoms with van der Waals surface area (Å²) in [6.45, 7) is 0. The second kappa shape index (κ2) is 5.48. The fourth-order valence-corrected chi connectivity index (χ4v) is 2.01. The number of rotatable bonds is 2. The molecule has 5 nitrogen and oxygen atoms in total. The number of carbonyl (C=O) groups excluding carboxylic acids is 1. The van der Waals surface area contributed by atoms with Gasteiger partial charge in [0.05, 0.1) is 10.7 Å². The summed E-state index contributed by atoms with van der Waals surface area (Å²) in [6, 6.07) is 6.25. The molecule has 0 fully saturated rings. The highest BCUT2D eigenvalue weighted by atomic mass is 35.5. The zero-order valence-electron chi connectivity index (χ0n) is 9.89. The van der Waals surface area contributed by atoms with Gasteiger partial charge in [-0.1, -0.05) is 23.2 Å². The molecule has 2 aromatic rings. The van der Waals surface area contributed by atoms with Gasteiger partial charge in [-0.15, -0.1) is 0 Å². The van der Waals surface area contributed by atoms with E-state index in [-0.39, 0.29) is 32.8 Å². The largest absolute Gasteiger partial charge is 0.504 e. The molecule has 2 aromatic carbocycles. The molecule has 0 aliphatic heterocycles. The minimum absolute atomic E-state index is 0.00125. The van der Waals surface area contributed by atoms with Crippen LogP contribution >= 0.6 is 23.2 Å². The third-order valence-corrected chi connectivity index (χ3v) is 3.02. The normalized spacial score (nSPS) is 10.3. The highest BCUT2D eigenvalue weighted by Crippen LogP contribution is 2.35. The van der Waals surface area contributed by atoms with Crippen LogP contribution in [0.1, 0.15) is 10.4 Å². The fourth-order valence-electron chi connectivity index (χ4n) is 1.52. The number of carbonyl (C=O) groups is 1. The first kappa shape index (κ1) is 14.3. The molecule has 1 amide bonds. The summed E-state index contributed by atoms with van der Waals surface area (Å²) < 4.78 is 0. The molecule has 0 unspecified atom stereocenters. The van der Waals surface area contributed by atoms with Crippen molar-refractivity contribution in [3.05, 3.63) is 45.9 Å². The van der Waals surface area contributed by atoms with Crippen molar-refractivity contribution >= 4 is 34.8 Å². The summed E-state index contributed by atoms with van der Waals surface area (Å²) >= 11 is 11.5. The summed E-state index contributed by atoms with van der Waals surface area (Å²) in [4.78, 5) is 12.0. The Morgan fingerprint density at radius 2 is 1.70 bits per heavy atom. The number of phenols is 3. The molecule has 7 heteroatoms. The van der Waals surface area contributed by atoms with Gasteiger partial charge in [0.1, 0.15) is 0 Å². The molecule has 0 atom stereocenters. The van der Waals surface area contributed by atoms with Gasteiger partial charge in [0.15, 0.2) is 17.2 Å². The van der Waals surface area contributed by atoms with E-state index in [1.807, 2.05) is 0 Å². The maximum Gasteiger partial charge on any atom is 0.255 e. The van der Waals surface area contributed by atoms with Gasteiger partial charge in [0.25, 0.3) is 5.91 Å². The standard InChI is InChI=1S/C13H9Cl2NO4/c14-7-4-8(15)12(19)9(5-7)16-13(20)6-1-2-10(17)11(18)3-6/h1-5,17-19H,(H,16,20). The van der Waals surface area contributed by atoms with Crippen molar-refractivity contribution in [2.45, 2.75) is 0 Å². The zero-order chi connectivity index (χ0) is 14.9. The summed E-state index contributed by atoms with van der Waals surface area (Å²) in [7, 11) is 0. The molecule has 0 aromatic heterocycles. The SMILES string of the molecule is O=C(Nc1cc(Cl)cc(Cl)c1O)c1ccc(O)c(O)c1. The van der Waals surface area contributed by atoms with Crippen molar-refractivity contribution < 1.29 is 20.1 Å². The number of hydrogen-bond acceptors (Lipinski definition) is 4. The summed E-state index contributed by atoms with van der Waals surface area (Å²) in [5.74, 6) is -1.68. The smallest absolute Gasteiger partial charge is 0.255 e. The number of benzene rings is 2. The van der Waals surface area contributed by atoms with Gasteiger partial charge in [-0.25, -0.2) is 0 Å². The van der Waals surface area contributed by atoms with Gasteiger partial charge >= 0.3 is 0 Å². The van der Waals surface area contributed by atoms with Crippen LogP contribution < -0.4 is 5.32 Å².